The number of H-pyrrole nitrogens is 1. The summed E-state index contributed by atoms with van der Waals surface area (Å²) in [7, 11) is -0.0528. The van der Waals surface area contributed by atoms with Gasteiger partial charge in [0.2, 0.25) is 0 Å². The van der Waals surface area contributed by atoms with Gasteiger partial charge in [-0.05, 0) is 45.6 Å². The van der Waals surface area contributed by atoms with Crippen LogP contribution >= 0.6 is 0 Å². The molecule has 0 saturated heterocycles. The summed E-state index contributed by atoms with van der Waals surface area (Å²) < 4.78 is 27.2. The molecule has 120 valence electrons. The molecule has 0 radical (unpaired) electrons. The van der Waals surface area contributed by atoms with E-state index in [2.05, 4.69) is 22.4 Å². The van der Waals surface area contributed by atoms with Gasteiger partial charge in [-0.1, -0.05) is 6.92 Å². The van der Waals surface area contributed by atoms with E-state index in [9.17, 15) is 8.42 Å². The summed E-state index contributed by atoms with van der Waals surface area (Å²) in [6, 6.07) is 0.0886. The number of nitrogens with zero attached hydrogens (tertiary/aromatic N) is 2. The quantitative estimate of drug-likeness (QED) is 0.866. The average Bonchev–Trinajstić information content (AvgIpc) is 2.81. The molecule has 0 atom stereocenters. The van der Waals surface area contributed by atoms with Gasteiger partial charge in [-0.15, -0.1) is 0 Å². The van der Waals surface area contributed by atoms with Crippen LogP contribution in [0.4, 0.5) is 0 Å². The molecular formula is C14H26N4O2S. The molecule has 0 amide bonds. The van der Waals surface area contributed by atoms with Gasteiger partial charge in [-0.25, -0.2) is 8.42 Å². The molecule has 1 aliphatic rings. The molecule has 1 heterocycles. The first kappa shape index (κ1) is 16.5. The number of hydrogen-bond acceptors (Lipinski definition) is 4. The fourth-order valence-corrected chi connectivity index (χ4v) is 4.54. The summed E-state index contributed by atoms with van der Waals surface area (Å²) >= 11 is 0. The highest BCUT2D eigenvalue weighted by atomic mass is 32.2. The second-order valence-electron chi connectivity index (χ2n) is 6.10. The van der Waals surface area contributed by atoms with Gasteiger partial charge in [0, 0.05) is 30.9 Å². The molecule has 1 saturated carbocycles. The lowest BCUT2D eigenvalue weighted by Crippen LogP contribution is -2.39. The topological polar surface area (TPSA) is 78.1 Å². The zero-order valence-electron chi connectivity index (χ0n) is 13.3. The highest BCUT2D eigenvalue weighted by Gasteiger charge is 2.34. The Morgan fingerprint density at radius 2 is 1.95 bits per heavy atom. The summed E-state index contributed by atoms with van der Waals surface area (Å²) in [5, 5.41) is 10.0. The Hall–Kier alpha value is -0.920. The monoisotopic (exact) mass is 314 g/mol. The van der Waals surface area contributed by atoms with Crippen LogP contribution in [0, 0.1) is 12.8 Å². The number of hydrogen-bond donors (Lipinski definition) is 2. The fraction of sp³-hybridized carbons (Fsp3) is 0.786. The highest BCUT2D eigenvalue weighted by Crippen LogP contribution is 2.30. The largest absolute Gasteiger partial charge is 0.316 e. The third-order valence-electron chi connectivity index (χ3n) is 4.51. The van der Waals surface area contributed by atoms with E-state index in [1.165, 1.54) is 4.31 Å². The molecule has 1 fully saturated rings. The van der Waals surface area contributed by atoms with Crippen molar-refractivity contribution in [3.05, 3.63) is 11.3 Å². The van der Waals surface area contributed by atoms with Gasteiger partial charge in [0.05, 0.1) is 0 Å². The maximum Gasteiger partial charge on any atom is 0.262 e. The Morgan fingerprint density at radius 1 is 1.33 bits per heavy atom. The van der Waals surface area contributed by atoms with Crippen LogP contribution in [0.5, 0.6) is 0 Å². The summed E-state index contributed by atoms with van der Waals surface area (Å²) in [5.41, 5.74) is 1.53. The molecule has 1 aromatic heterocycles. The first-order valence-electron chi connectivity index (χ1n) is 7.54. The minimum absolute atomic E-state index is 0.0886. The Morgan fingerprint density at radius 3 is 2.52 bits per heavy atom. The minimum atomic E-state index is -3.54. The Labute approximate surface area is 127 Å². The Bertz CT molecular complexity index is 574. The molecule has 0 bridgehead atoms. The molecule has 0 aromatic carbocycles. The summed E-state index contributed by atoms with van der Waals surface area (Å²) in [6.07, 6.45) is 4.05. The number of nitrogens with one attached hydrogen (secondary N) is 2. The van der Waals surface area contributed by atoms with Crippen LogP contribution < -0.4 is 5.32 Å². The van der Waals surface area contributed by atoms with Gasteiger partial charge in [0.1, 0.15) is 0 Å². The second kappa shape index (κ2) is 6.46. The van der Waals surface area contributed by atoms with Crippen LogP contribution in [0.1, 0.15) is 43.9 Å². The van der Waals surface area contributed by atoms with Crippen LogP contribution in [0.3, 0.4) is 0 Å². The zero-order chi connectivity index (χ0) is 15.6. The number of rotatable bonds is 5. The molecule has 7 heteroatoms. The van der Waals surface area contributed by atoms with Crippen LogP contribution in [-0.4, -0.2) is 43.1 Å². The van der Waals surface area contributed by atoms with Crippen molar-refractivity contribution in [1.82, 2.24) is 19.8 Å². The van der Waals surface area contributed by atoms with Crippen molar-refractivity contribution in [2.45, 2.75) is 57.1 Å². The molecule has 2 rings (SSSR count). The number of aromatic amines is 1. The molecule has 0 unspecified atom stereocenters. The van der Waals surface area contributed by atoms with Gasteiger partial charge in [0.15, 0.2) is 5.03 Å². The van der Waals surface area contributed by atoms with Crippen LogP contribution in [0.15, 0.2) is 5.03 Å². The predicted octanol–water partition coefficient (Wildman–Crippen LogP) is 1.64. The normalized spacial score (nSPS) is 23.7. The van der Waals surface area contributed by atoms with Crippen molar-refractivity contribution in [3.8, 4) is 0 Å². The lowest BCUT2D eigenvalue weighted by Gasteiger charge is -2.32. The average molecular weight is 314 g/mol. The van der Waals surface area contributed by atoms with Crippen molar-refractivity contribution in [2.24, 2.45) is 5.92 Å². The van der Waals surface area contributed by atoms with Crippen molar-refractivity contribution in [3.63, 3.8) is 0 Å². The lowest BCUT2D eigenvalue weighted by atomic mass is 9.87. The molecule has 1 aliphatic carbocycles. The predicted molar refractivity (Wildman–Crippen MR) is 82.5 cm³/mol. The third-order valence-corrected chi connectivity index (χ3v) is 6.40. The fourth-order valence-electron chi connectivity index (χ4n) is 2.97. The lowest BCUT2D eigenvalue weighted by molar-refractivity contribution is 0.245. The zero-order valence-corrected chi connectivity index (χ0v) is 14.1. The van der Waals surface area contributed by atoms with Crippen molar-refractivity contribution in [1.29, 1.82) is 0 Å². The van der Waals surface area contributed by atoms with E-state index in [1.807, 2.05) is 6.92 Å². The van der Waals surface area contributed by atoms with Crippen molar-refractivity contribution in [2.75, 3.05) is 14.1 Å². The van der Waals surface area contributed by atoms with Gasteiger partial charge < -0.3 is 5.32 Å². The van der Waals surface area contributed by atoms with Gasteiger partial charge in [0.25, 0.3) is 10.0 Å². The minimum Gasteiger partial charge on any atom is -0.316 e. The molecule has 21 heavy (non-hydrogen) atoms. The first-order valence-corrected chi connectivity index (χ1v) is 8.98. The number of aryl methyl sites for hydroxylation is 1. The molecular weight excluding hydrogens is 288 g/mol. The van der Waals surface area contributed by atoms with E-state index >= 15 is 0 Å². The standard InChI is InChI=1S/C14H26N4O2S/c1-10-5-7-12(8-6-10)18(4)21(19,20)14-13(9-15-3)11(2)16-17-14/h10,12,15H,5-9H2,1-4H3,(H,16,17). The van der Waals surface area contributed by atoms with E-state index in [-0.39, 0.29) is 11.1 Å². The van der Waals surface area contributed by atoms with E-state index < -0.39 is 10.0 Å². The van der Waals surface area contributed by atoms with Gasteiger partial charge in [-0.2, -0.15) is 9.40 Å². The van der Waals surface area contributed by atoms with E-state index in [0.29, 0.717) is 12.5 Å². The highest BCUT2D eigenvalue weighted by molar-refractivity contribution is 7.89. The molecule has 0 aliphatic heterocycles. The second-order valence-corrected chi connectivity index (χ2v) is 8.01. The summed E-state index contributed by atoms with van der Waals surface area (Å²) in [6.45, 7) is 4.57. The van der Waals surface area contributed by atoms with E-state index in [0.717, 1.165) is 36.9 Å². The maximum atomic E-state index is 12.8. The molecule has 0 spiro atoms. The van der Waals surface area contributed by atoms with E-state index in [1.54, 1.807) is 14.1 Å². The van der Waals surface area contributed by atoms with Crippen molar-refractivity contribution < 1.29 is 8.42 Å². The van der Waals surface area contributed by atoms with Crippen LogP contribution in [0.25, 0.3) is 0 Å². The first-order chi connectivity index (χ1) is 9.87. The summed E-state index contributed by atoms with van der Waals surface area (Å²) in [4.78, 5) is 0. The van der Waals surface area contributed by atoms with Crippen molar-refractivity contribution >= 4 is 10.0 Å². The smallest absolute Gasteiger partial charge is 0.262 e. The maximum absolute atomic E-state index is 12.8. The number of aromatic nitrogens is 2. The number of sulfonamides is 1. The van der Waals surface area contributed by atoms with E-state index in [4.69, 9.17) is 0 Å². The SMILES string of the molecule is CNCc1c(S(=O)(=O)N(C)C2CCC(C)CC2)n[nH]c1C. The molecule has 6 nitrogen and oxygen atoms in total. The van der Waals surface area contributed by atoms with Crippen LogP contribution in [0.2, 0.25) is 0 Å². The van der Waals surface area contributed by atoms with Gasteiger partial charge >= 0.3 is 0 Å². The molecule has 1 aromatic rings. The Kier molecular flexibility index (Phi) is 5.06. The summed E-state index contributed by atoms with van der Waals surface area (Å²) in [5.74, 6) is 0.699. The molecule has 2 N–H and O–H groups in total. The Balaban J connectivity index is 2.25. The third kappa shape index (κ3) is 3.30. The van der Waals surface area contributed by atoms with Crippen LogP contribution in [-0.2, 0) is 16.6 Å². The van der Waals surface area contributed by atoms with Gasteiger partial charge in [-0.3, -0.25) is 5.10 Å².